The van der Waals surface area contributed by atoms with Gasteiger partial charge in [0.2, 0.25) is 0 Å². The minimum Gasteiger partial charge on any atom is -0.508 e. The Hall–Kier alpha value is -1.06. The van der Waals surface area contributed by atoms with E-state index in [1.807, 2.05) is 0 Å². The molecule has 2 rings (SSSR count). The summed E-state index contributed by atoms with van der Waals surface area (Å²) in [7, 11) is 0. The van der Waals surface area contributed by atoms with Crippen molar-refractivity contribution in [3.05, 3.63) is 29.3 Å². The minimum absolute atomic E-state index is 0.0497. The van der Waals surface area contributed by atoms with Crippen LogP contribution in [-0.2, 0) is 0 Å². The van der Waals surface area contributed by atoms with E-state index in [0.29, 0.717) is 5.56 Å². The fraction of sp³-hybridized carbons (Fsp3) is 0.455. The van der Waals surface area contributed by atoms with Crippen molar-refractivity contribution in [3.63, 3.8) is 0 Å². The number of benzene rings is 1. The molecule has 0 aromatic heterocycles. The van der Waals surface area contributed by atoms with E-state index in [0.717, 1.165) is 5.56 Å². The number of hydrogen-bond donors (Lipinski definition) is 2. The van der Waals surface area contributed by atoms with Gasteiger partial charge in [0.25, 0.3) is 0 Å². The van der Waals surface area contributed by atoms with Crippen LogP contribution in [0.2, 0.25) is 0 Å². The quantitative estimate of drug-likeness (QED) is 0.659. The average molecular weight is 196 g/mol. The summed E-state index contributed by atoms with van der Waals surface area (Å²) in [6.07, 6.45) is -0.881. The lowest BCUT2D eigenvalue weighted by molar-refractivity contribution is 0.0888. The first-order valence-electron chi connectivity index (χ1n) is 6.08. The standard InChI is InChI=1S/C11H15NO2/c1-7-9-4-3-8(13)5-10(9)11(14)6-12(7)2/h3-5,7,11,13-14H,6H2,1-2H3/i2D3. The first-order valence-corrected chi connectivity index (χ1v) is 4.58. The van der Waals surface area contributed by atoms with Crippen LogP contribution in [-0.4, -0.2) is 28.6 Å². The van der Waals surface area contributed by atoms with Crippen LogP contribution in [0.25, 0.3) is 0 Å². The van der Waals surface area contributed by atoms with Crippen LogP contribution in [0.5, 0.6) is 5.75 Å². The second kappa shape index (κ2) is 3.26. The number of likely N-dealkylation sites (N-methyl/N-ethyl adjacent to an activating group) is 1. The van der Waals surface area contributed by atoms with Crippen LogP contribution < -0.4 is 0 Å². The van der Waals surface area contributed by atoms with Gasteiger partial charge in [-0.2, -0.15) is 0 Å². The number of aliphatic hydroxyl groups excluding tert-OH is 1. The topological polar surface area (TPSA) is 43.7 Å². The number of β-amino-alcohol motifs (C(OH)–C–C–N with tert-alkyl or cyclic N) is 1. The zero-order chi connectivity index (χ0) is 12.8. The zero-order valence-electron chi connectivity index (χ0n) is 10.9. The highest BCUT2D eigenvalue weighted by molar-refractivity contribution is 5.39. The lowest BCUT2D eigenvalue weighted by atomic mass is 9.92. The third kappa shape index (κ3) is 1.38. The van der Waals surface area contributed by atoms with Crippen LogP contribution in [0.3, 0.4) is 0 Å². The summed E-state index contributed by atoms with van der Waals surface area (Å²) in [5, 5.41) is 19.3. The molecule has 1 aliphatic rings. The highest BCUT2D eigenvalue weighted by atomic mass is 16.3. The number of aromatic hydroxyl groups is 1. The Morgan fingerprint density at radius 3 is 3.00 bits per heavy atom. The Labute approximate surface area is 87.8 Å². The first-order chi connectivity index (χ1) is 7.80. The molecule has 0 fully saturated rings. The molecule has 76 valence electrons. The Kier molecular flexibility index (Phi) is 1.50. The number of fused-ring (bicyclic) bond motifs is 1. The Morgan fingerprint density at radius 1 is 1.50 bits per heavy atom. The van der Waals surface area contributed by atoms with E-state index >= 15 is 0 Å². The minimum atomic E-state index is -2.23. The molecule has 3 heteroatoms. The number of hydrogen-bond acceptors (Lipinski definition) is 3. The molecule has 1 aromatic rings. The van der Waals surface area contributed by atoms with Gasteiger partial charge >= 0.3 is 0 Å². The molecular weight excluding hydrogens is 178 g/mol. The van der Waals surface area contributed by atoms with Gasteiger partial charge in [-0.05, 0) is 37.2 Å². The third-order valence-corrected chi connectivity index (χ3v) is 2.72. The van der Waals surface area contributed by atoms with Gasteiger partial charge < -0.3 is 10.2 Å². The second-order valence-corrected chi connectivity index (χ2v) is 3.66. The number of aliphatic hydroxyl groups is 1. The predicted molar refractivity (Wildman–Crippen MR) is 54.1 cm³/mol. The smallest absolute Gasteiger partial charge is 0.115 e. The molecule has 1 aliphatic heterocycles. The number of phenolic OH excluding ortho intramolecular Hbond substituents is 1. The van der Waals surface area contributed by atoms with Crippen molar-refractivity contribution in [1.29, 1.82) is 0 Å². The van der Waals surface area contributed by atoms with Gasteiger partial charge in [-0.1, -0.05) is 6.07 Å². The normalized spacial score (nSPS) is 31.4. The molecule has 0 spiro atoms. The van der Waals surface area contributed by atoms with E-state index in [2.05, 4.69) is 0 Å². The van der Waals surface area contributed by atoms with Crippen LogP contribution in [0.15, 0.2) is 18.2 Å². The van der Waals surface area contributed by atoms with Gasteiger partial charge in [0.1, 0.15) is 5.75 Å². The van der Waals surface area contributed by atoms with E-state index in [9.17, 15) is 10.2 Å². The van der Waals surface area contributed by atoms with E-state index in [4.69, 9.17) is 4.11 Å². The molecule has 2 atom stereocenters. The Bertz CT molecular complexity index is 433. The molecule has 3 nitrogen and oxygen atoms in total. The Balaban J connectivity index is 2.45. The summed E-state index contributed by atoms with van der Waals surface area (Å²) in [4.78, 5) is 1.29. The van der Waals surface area contributed by atoms with Crippen molar-refractivity contribution in [1.82, 2.24) is 4.90 Å². The molecule has 0 bridgehead atoms. The maximum Gasteiger partial charge on any atom is 0.115 e. The van der Waals surface area contributed by atoms with E-state index < -0.39 is 13.1 Å². The van der Waals surface area contributed by atoms with Gasteiger partial charge in [0.15, 0.2) is 0 Å². The maximum absolute atomic E-state index is 9.93. The molecule has 0 aliphatic carbocycles. The summed E-state index contributed by atoms with van der Waals surface area (Å²) < 4.78 is 22.3. The number of nitrogens with zero attached hydrogens (tertiary/aromatic N) is 1. The van der Waals surface area contributed by atoms with Gasteiger partial charge in [0.05, 0.1) is 6.10 Å². The van der Waals surface area contributed by atoms with Crippen molar-refractivity contribution < 1.29 is 14.3 Å². The zero-order valence-corrected chi connectivity index (χ0v) is 7.94. The third-order valence-electron chi connectivity index (χ3n) is 2.72. The number of rotatable bonds is 0. The molecule has 0 radical (unpaired) electrons. The van der Waals surface area contributed by atoms with Gasteiger partial charge in [0, 0.05) is 16.7 Å². The van der Waals surface area contributed by atoms with E-state index in [-0.39, 0.29) is 18.3 Å². The van der Waals surface area contributed by atoms with Gasteiger partial charge in [-0.3, -0.25) is 4.90 Å². The maximum atomic E-state index is 9.93. The van der Waals surface area contributed by atoms with Crippen LogP contribution >= 0.6 is 0 Å². The lowest BCUT2D eigenvalue weighted by Crippen LogP contribution is -2.33. The molecule has 1 heterocycles. The largest absolute Gasteiger partial charge is 0.508 e. The highest BCUT2D eigenvalue weighted by Gasteiger charge is 2.26. The van der Waals surface area contributed by atoms with E-state index in [1.54, 1.807) is 13.0 Å². The van der Waals surface area contributed by atoms with Crippen LogP contribution in [0, 0.1) is 0 Å². The number of phenols is 1. The summed E-state index contributed by atoms with van der Waals surface area (Å²) >= 11 is 0. The summed E-state index contributed by atoms with van der Waals surface area (Å²) in [5.41, 5.74) is 1.36. The summed E-state index contributed by atoms with van der Waals surface area (Å²) in [5.74, 6) is 0.0809. The second-order valence-electron chi connectivity index (χ2n) is 3.66. The van der Waals surface area contributed by atoms with Crippen LogP contribution in [0.4, 0.5) is 0 Å². The van der Waals surface area contributed by atoms with Crippen molar-refractivity contribution in [3.8, 4) is 5.75 Å². The van der Waals surface area contributed by atoms with Crippen molar-refractivity contribution in [2.24, 2.45) is 0 Å². The monoisotopic (exact) mass is 196 g/mol. The van der Waals surface area contributed by atoms with Crippen molar-refractivity contribution >= 4 is 0 Å². The molecular formula is C11H15NO2. The lowest BCUT2D eigenvalue weighted by Gasteiger charge is -2.35. The molecule has 2 unspecified atom stereocenters. The summed E-state index contributed by atoms with van der Waals surface area (Å²) in [6.45, 7) is -0.391. The molecule has 0 saturated carbocycles. The summed E-state index contributed by atoms with van der Waals surface area (Å²) in [6, 6.07) is 4.36. The molecule has 2 N–H and O–H groups in total. The van der Waals surface area contributed by atoms with Gasteiger partial charge in [-0.25, -0.2) is 0 Å². The molecule has 0 saturated heterocycles. The average Bonchev–Trinajstić information content (AvgIpc) is 2.21. The van der Waals surface area contributed by atoms with Gasteiger partial charge in [-0.15, -0.1) is 0 Å². The van der Waals surface area contributed by atoms with Crippen molar-refractivity contribution in [2.45, 2.75) is 19.1 Å². The fourth-order valence-electron chi connectivity index (χ4n) is 1.84. The Morgan fingerprint density at radius 2 is 2.29 bits per heavy atom. The first kappa shape index (κ1) is 6.43. The van der Waals surface area contributed by atoms with Crippen molar-refractivity contribution in [2.75, 3.05) is 13.5 Å². The molecule has 0 amide bonds. The molecule has 1 aromatic carbocycles. The highest BCUT2D eigenvalue weighted by Crippen LogP contribution is 2.35. The van der Waals surface area contributed by atoms with Crippen LogP contribution in [0.1, 0.15) is 34.3 Å². The predicted octanol–water partition coefficient (Wildman–Crippen LogP) is 1.43. The molecule has 14 heavy (non-hydrogen) atoms. The fourth-order valence-corrected chi connectivity index (χ4v) is 1.84. The van der Waals surface area contributed by atoms with E-state index in [1.165, 1.54) is 17.0 Å². The SMILES string of the molecule is [2H]C([2H])([2H])N1CC(O)c2cc(O)ccc2C1C.